The van der Waals surface area contributed by atoms with Gasteiger partial charge in [0, 0.05) is 12.5 Å². The van der Waals surface area contributed by atoms with E-state index >= 15 is 0 Å². The van der Waals surface area contributed by atoms with Gasteiger partial charge in [-0.3, -0.25) is 4.84 Å². The van der Waals surface area contributed by atoms with Crippen molar-refractivity contribution in [2.45, 2.75) is 100.0 Å². The Bertz CT molecular complexity index is 429. The number of nitrogens with zero attached hydrogens (tertiary/aromatic N) is 1. The van der Waals surface area contributed by atoms with Gasteiger partial charge in [0.15, 0.2) is 0 Å². The van der Waals surface area contributed by atoms with Crippen LogP contribution in [0.5, 0.6) is 0 Å². The van der Waals surface area contributed by atoms with Gasteiger partial charge in [-0.05, 0) is 52.9 Å². The zero-order chi connectivity index (χ0) is 25.0. The fourth-order valence-corrected chi connectivity index (χ4v) is 8.80. The van der Waals surface area contributed by atoms with Crippen LogP contribution in [0.2, 0.25) is 0 Å². The first-order chi connectivity index (χ1) is 15.9. The van der Waals surface area contributed by atoms with Gasteiger partial charge in [0.05, 0.1) is 39.6 Å². The van der Waals surface area contributed by atoms with Crippen molar-refractivity contribution in [2.75, 3.05) is 64.2 Å². The first-order valence-corrected chi connectivity index (χ1v) is 17.6. The SMILES string of the molecule is CCCON(CC[P+](CC)(OCCC)OCCC)C(C)CC[P+](CC)(OCCC)OCCC. The molecule has 200 valence electrons. The van der Waals surface area contributed by atoms with E-state index in [4.69, 9.17) is 22.9 Å². The predicted octanol–water partition coefficient (Wildman–Crippen LogP) is 7.85. The van der Waals surface area contributed by atoms with Crippen LogP contribution >= 0.6 is 15.4 Å². The van der Waals surface area contributed by atoms with Gasteiger partial charge in [0.1, 0.15) is 24.6 Å². The fourth-order valence-electron chi connectivity index (χ4n) is 3.44. The lowest BCUT2D eigenvalue weighted by Gasteiger charge is -2.31. The van der Waals surface area contributed by atoms with Crippen LogP contribution in [-0.4, -0.2) is 75.3 Å². The molecule has 0 aromatic carbocycles. The lowest BCUT2D eigenvalue weighted by molar-refractivity contribution is -0.180. The van der Waals surface area contributed by atoms with Crippen molar-refractivity contribution in [3.63, 3.8) is 0 Å². The molecule has 0 N–H and O–H groups in total. The second-order valence-corrected chi connectivity index (χ2v) is 15.1. The molecule has 0 aromatic heterocycles. The third kappa shape index (κ3) is 14.1. The number of hydroxylamine groups is 2. The second-order valence-electron chi connectivity index (χ2n) is 8.65. The van der Waals surface area contributed by atoms with E-state index in [2.05, 4.69) is 60.5 Å². The van der Waals surface area contributed by atoms with Gasteiger partial charge in [0.2, 0.25) is 0 Å². The van der Waals surface area contributed by atoms with Crippen molar-refractivity contribution >= 4 is 15.4 Å². The molecule has 0 amide bonds. The number of hydrogen-bond donors (Lipinski definition) is 0. The highest BCUT2D eigenvalue weighted by Crippen LogP contribution is 2.62. The highest BCUT2D eigenvalue weighted by molar-refractivity contribution is 7.66. The normalized spacial score (nSPS) is 13.7. The Hall–Kier alpha value is 0.620. The summed E-state index contributed by atoms with van der Waals surface area (Å²) in [6, 6.07) is 0.286. The maximum Gasteiger partial charge on any atom is 0.276 e. The molecule has 0 rings (SSSR count). The molecule has 0 saturated heterocycles. The molecule has 1 unspecified atom stereocenters. The molecule has 0 spiro atoms. The standard InChI is InChI=1S/C25H57NO5P2/c1-9-18-27-26(17-24-33(15-7,30-21-12-4)31-22-13-5)25(8)16-23-32(14-6,28-19-10-2)29-20-11-3/h25H,9-24H2,1-8H3/q+2. The minimum absolute atomic E-state index is 0.286. The molecular weight excluding hydrogens is 456 g/mol. The zero-order valence-electron chi connectivity index (χ0n) is 23.3. The Morgan fingerprint density at radius 1 is 0.576 bits per heavy atom. The van der Waals surface area contributed by atoms with Gasteiger partial charge >= 0.3 is 0 Å². The Balaban J connectivity index is 5.26. The lowest BCUT2D eigenvalue weighted by atomic mass is 10.2. The quantitative estimate of drug-likeness (QED) is 0.0967. The molecule has 33 heavy (non-hydrogen) atoms. The molecule has 0 aliphatic heterocycles. The molecule has 0 bridgehead atoms. The van der Waals surface area contributed by atoms with Crippen LogP contribution in [0.4, 0.5) is 0 Å². The van der Waals surface area contributed by atoms with Crippen molar-refractivity contribution in [2.24, 2.45) is 0 Å². The van der Waals surface area contributed by atoms with Gasteiger partial charge in [-0.15, -0.1) is 0 Å². The number of rotatable bonds is 24. The van der Waals surface area contributed by atoms with E-state index < -0.39 is 15.4 Å². The summed E-state index contributed by atoms with van der Waals surface area (Å²) in [5.74, 6) is 0. The van der Waals surface area contributed by atoms with Crippen molar-refractivity contribution < 1.29 is 22.9 Å². The summed E-state index contributed by atoms with van der Waals surface area (Å²) in [6.07, 6.45) is 9.88. The van der Waals surface area contributed by atoms with Crippen molar-refractivity contribution in [1.29, 1.82) is 0 Å². The Morgan fingerprint density at radius 2 is 0.970 bits per heavy atom. The molecule has 1 atom stereocenters. The average Bonchev–Trinajstić information content (AvgIpc) is 2.85. The summed E-state index contributed by atoms with van der Waals surface area (Å²) in [4.78, 5) is 6.23. The van der Waals surface area contributed by atoms with Gasteiger partial charge < -0.3 is 0 Å². The average molecular weight is 514 g/mol. The van der Waals surface area contributed by atoms with Crippen LogP contribution in [-0.2, 0) is 22.9 Å². The minimum Gasteiger partial charge on any atom is -0.299 e. The first kappa shape index (κ1) is 33.6. The Kier molecular flexibility index (Phi) is 21.2. The second kappa shape index (κ2) is 20.8. The van der Waals surface area contributed by atoms with Crippen molar-refractivity contribution in [3.8, 4) is 0 Å². The van der Waals surface area contributed by atoms with E-state index in [0.717, 1.165) is 103 Å². The molecule has 0 fully saturated rings. The van der Waals surface area contributed by atoms with Crippen LogP contribution in [0.1, 0.15) is 93.9 Å². The number of hydrogen-bond acceptors (Lipinski definition) is 6. The first-order valence-electron chi connectivity index (χ1n) is 13.6. The summed E-state index contributed by atoms with van der Waals surface area (Å²) >= 11 is 0. The summed E-state index contributed by atoms with van der Waals surface area (Å²) in [7, 11) is -3.73. The van der Waals surface area contributed by atoms with E-state index in [0.29, 0.717) is 0 Å². The van der Waals surface area contributed by atoms with E-state index in [1.165, 1.54) is 0 Å². The van der Waals surface area contributed by atoms with Gasteiger partial charge in [-0.25, -0.2) is 18.1 Å². The summed E-state index contributed by atoms with van der Waals surface area (Å²) < 4.78 is 25.4. The fraction of sp³-hybridized carbons (Fsp3) is 1.00. The molecule has 0 radical (unpaired) electrons. The monoisotopic (exact) mass is 513 g/mol. The molecule has 0 saturated carbocycles. The largest absolute Gasteiger partial charge is 0.299 e. The summed E-state index contributed by atoms with van der Waals surface area (Å²) in [6.45, 7) is 22.2. The Morgan fingerprint density at radius 3 is 1.33 bits per heavy atom. The molecule has 0 aliphatic rings. The molecule has 0 heterocycles. The third-order valence-electron chi connectivity index (χ3n) is 5.59. The smallest absolute Gasteiger partial charge is 0.276 e. The topological polar surface area (TPSA) is 49.4 Å². The maximum absolute atomic E-state index is 6.36. The predicted molar refractivity (Wildman–Crippen MR) is 147 cm³/mol. The Labute approximate surface area is 207 Å². The van der Waals surface area contributed by atoms with E-state index in [9.17, 15) is 0 Å². The third-order valence-corrected chi connectivity index (χ3v) is 11.9. The minimum atomic E-state index is -1.89. The maximum atomic E-state index is 6.36. The zero-order valence-corrected chi connectivity index (χ0v) is 25.1. The van der Waals surface area contributed by atoms with E-state index in [1.807, 2.05) is 0 Å². The van der Waals surface area contributed by atoms with Crippen LogP contribution in [0, 0.1) is 0 Å². The van der Waals surface area contributed by atoms with E-state index in [1.54, 1.807) is 0 Å². The summed E-state index contributed by atoms with van der Waals surface area (Å²) in [5.41, 5.74) is 0. The molecule has 0 aliphatic carbocycles. The van der Waals surface area contributed by atoms with Crippen LogP contribution in [0.25, 0.3) is 0 Å². The van der Waals surface area contributed by atoms with Gasteiger partial charge in [-0.2, -0.15) is 5.06 Å². The highest BCUT2D eigenvalue weighted by atomic mass is 31.2. The van der Waals surface area contributed by atoms with Crippen molar-refractivity contribution in [1.82, 2.24) is 5.06 Å². The van der Waals surface area contributed by atoms with Gasteiger partial charge in [0.25, 0.3) is 15.4 Å². The molecule has 0 aromatic rings. The molecule has 8 heteroatoms. The van der Waals surface area contributed by atoms with Crippen molar-refractivity contribution in [3.05, 3.63) is 0 Å². The lowest BCUT2D eigenvalue weighted by Crippen LogP contribution is -2.37. The van der Waals surface area contributed by atoms with Crippen LogP contribution in [0.3, 0.4) is 0 Å². The van der Waals surface area contributed by atoms with Gasteiger partial charge in [-0.1, -0.05) is 34.6 Å². The summed E-state index contributed by atoms with van der Waals surface area (Å²) in [5, 5.41) is 2.18. The molecule has 6 nitrogen and oxygen atoms in total. The van der Waals surface area contributed by atoms with Crippen LogP contribution < -0.4 is 0 Å². The molecular formula is C25H57NO5P2+2. The van der Waals surface area contributed by atoms with E-state index in [-0.39, 0.29) is 6.04 Å². The highest BCUT2D eigenvalue weighted by Gasteiger charge is 2.42. The van der Waals surface area contributed by atoms with Crippen LogP contribution in [0.15, 0.2) is 0 Å².